The Kier molecular flexibility index (Phi) is 7.60. The second kappa shape index (κ2) is 11.2. The average Bonchev–Trinajstić information content (AvgIpc) is 3.37. The fourth-order valence-corrected chi connectivity index (χ4v) is 5.44. The van der Waals surface area contributed by atoms with E-state index in [-0.39, 0.29) is 17.7 Å². The van der Waals surface area contributed by atoms with Gasteiger partial charge in [0.05, 0.1) is 23.1 Å². The first-order valence-electron chi connectivity index (χ1n) is 12.2. The van der Waals surface area contributed by atoms with Gasteiger partial charge in [0.1, 0.15) is 12.4 Å². The van der Waals surface area contributed by atoms with Crippen molar-refractivity contribution < 1.29 is 14.3 Å². The second-order valence-corrected chi connectivity index (χ2v) is 10.5. The van der Waals surface area contributed by atoms with Crippen LogP contribution in [0.1, 0.15) is 33.6 Å². The van der Waals surface area contributed by atoms with Gasteiger partial charge in [-0.1, -0.05) is 41.9 Å². The molecule has 0 radical (unpaired) electrons. The lowest BCUT2D eigenvalue weighted by Crippen LogP contribution is -2.27. The number of nitrogens with zero attached hydrogens (tertiary/aromatic N) is 3. The Morgan fingerprint density at radius 1 is 1.00 bits per heavy atom. The largest absolute Gasteiger partial charge is 0.489 e. The Bertz CT molecular complexity index is 1630. The molecular formula is C31H24ClN3O3S. The van der Waals surface area contributed by atoms with Gasteiger partial charge in [0.2, 0.25) is 0 Å². The number of carbonyl (C=O) groups excluding carboxylic acids is 2. The van der Waals surface area contributed by atoms with E-state index in [1.54, 1.807) is 24.3 Å². The normalized spacial score (nSPS) is 14.2. The standard InChI is InChI=1S/C31H24ClN3O3S/c1-20-15-25(16-29-30(36)34(31(37)39-29)18-22-7-9-26(32)10-8-22)21(2)35(20)27-11-13-28(14-12-27)38-19-24-6-4-3-5-23(24)17-33/h3-16H,18-19H2,1-2H3/b29-16+. The number of halogens is 1. The maximum Gasteiger partial charge on any atom is 0.293 e. The molecule has 0 atom stereocenters. The number of aryl methyl sites for hydroxylation is 1. The number of carbonyl (C=O) groups is 2. The second-order valence-electron chi connectivity index (χ2n) is 9.11. The molecule has 0 N–H and O–H groups in total. The molecule has 5 rings (SSSR count). The first-order valence-corrected chi connectivity index (χ1v) is 13.4. The zero-order valence-electron chi connectivity index (χ0n) is 21.3. The number of amides is 2. The van der Waals surface area contributed by atoms with Crippen molar-refractivity contribution >= 4 is 40.6 Å². The third kappa shape index (κ3) is 5.63. The molecule has 194 valence electrons. The highest BCUT2D eigenvalue weighted by Crippen LogP contribution is 2.35. The molecule has 39 heavy (non-hydrogen) atoms. The molecule has 1 aliphatic rings. The van der Waals surface area contributed by atoms with Crippen LogP contribution in [0.3, 0.4) is 0 Å². The Balaban J connectivity index is 1.32. The van der Waals surface area contributed by atoms with E-state index in [9.17, 15) is 14.9 Å². The van der Waals surface area contributed by atoms with Crippen molar-refractivity contribution in [1.29, 1.82) is 5.26 Å². The molecule has 1 saturated heterocycles. The van der Waals surface area contributed by atoms with Crippen molar-refractivity contribution in [3.8, 4) is 17.5 Å². The minimum Gasteiger partial charge on any atom is -0.489 e. The van der Waals surface area contributed by atoms with Crippen molar-refractivity contribution in [2.45, 2.75) is 27.0 Å². The van der Waals surface area contributed by atoms with E-state index in [2.05, 4.69) is 10.6 Å². The Morgan fingerprint density at radius 2 is 1.72 bits per heavy atom. The van der Waals surface area contributed by atoms with Crippen molar-refractivity contribution in [2.24, 2.45) is 0 Å². The number of ether oxygens (including phenoxy) is 1. The molecule has 8 heteroatoms. The van der Waals surface area contributed by atoms with Gasteiger partial charge < -0.3 is 9.30 Å². The fourth-order valence-electron chi connectivity index (χ4n) is 4.49. The first kappa shape index (κ1) is 26.4. The predicted molar refractivity (Wildman–Crippen MR) is 154 cm³/mol. The smallest absolute Gasteiger partial charge is 0.293 e. The van der Waals surface area contributed by atoms with Gasteiger partial charge >= 0.3 is 0 Å². The summed E-state index contributed by atoms with van der Waals surface area (Å²) in [7, 11) is 0. The van der Waals surface area contributed by atoms with Crippen LogP contribution >= 0.6 is 23.4 Å². The van der Waals surface area contributed by atoms with Crippen LogP contribution < -0.4 is 4.74 Å². The number of benzene rings is 3. The van der Waals surface area contributed by atoms with E-state index >= 15 is 0 Å². The molecule has 0 aliphatic carbocycles. The van der Waals surface area contributed by atoms with Gasteiger partial charge in [-0.05, 0) is 91.3 Å². The SMILES string of the molecule is Cc1cc(/C=C2/SC(=O)N(Cc3ccc(Cl)cc3)C2=O)c(C)n1-c1ccc(OCc2ccccc2C#N)cc1. The highest BCUT2D eigenvalue weighted by atomic mass is 35.5. The number of hydrogen-bond donors (Lipinski definition) is 0. The first-order chi connectivity index (χ1) is 18.8. The Labute approximate surface area is 236 Å². The molecule has 0 unspecified atom stereocenters. The summed E-state index contributed by atoms with van der Waals surface area (Å²) < 4.78 is 8.00. The number of aromatic nitrogens is 1. The molecule has 1 aromatic heterocycles. The number of rotatable bonds is 7. The summed E-state index contributed by atoms with van der Waals surface area (Å²) in [4.78, 5) is 27.3. The zero-order chi connectivity index (χ0) is 27.5. The van der Waals surface area contributed by atoms with Crippen LogP contribution in [0.4, 0.5) is 4.79 Å². The van der Waals surface area contributed by atoms with Gasteiger partial charge in [0.25, 0.3) is 11.1 Å². The molecule has 3 aromatic carbocycles. The molecule has 0 bridgehead atoms. The maximum atomic E-state index is 13.1. The molecule has 6 nitrogen and oxygen atoms in total. The minimum absolute atomic E-state index is 0.203. The summed E-state index contributed by atoms with van der Waals surface area (Å²) in [6, 6.07) is 26.4. The van der Waals surface area contributed by atoms with Crippen LogP contribution in [0.2, 0.25) is 5.02 Å². The lowest BCUT2D eigenvalue weighted by molar-refractivity contribution is -0.123. The predicted octanol–water partition coefficient (Wildman–Crippen LogP) is 7.43. The van der Waals surface area contributed by atoms with Gasteiger partial charge in [-0.15, -0.1) is 0 Å². The van der Waals surface area contributed by atoms with Crippen LogP contribution in [0.25, 0.3) is 11.8 Å². The maximum absolute atomic E-state index is 13.1. The number of hydrogen-bond acceptors (Lipinski definition) is 5. The number of nitriles is 1. The van der Waals surface area contributed by atoms with Crippen molar-refractivity contribution in [2.75, 3.05) is 0 Å². The highest BCUT2D eigenvalue weighted by molar-refractivity contribution is 8.18. The van der Waals surface area contributed by atoms with Crippen LogP contribution in [0, 0.1) is 25.2 Å². The molecule has 2 heterocycles. The molecule has 2 amide bonds. The van der Waals surface area contributed by atoms with Crippen molar-refractivity contribution in [3.05, 3.63) is 122 Å². The summed E-state index contributed by atoms with van der Waals surface area (Å²) in [6.07, 6.45) is 1.79. The van der Waals surface area contributed by atoms with E-state index in [4.69, 9.17) is 16.3 Å². The zero-order valence-corrected chi connectivity index (χ0v) is 22.9. The number of imide groups is 1. The molecule has 0 saturated carbocycles. The van der Waals surface area contributed by atoms with Gasteiger partial charge in [-0.2, -0.15) is 5.26 Å². The quantitative estimate of drug-likeness (QED) is 0.222. The minimum atomic E-state index is -0.302. The summed E-state index contributed by atoms with van der Waals surface area (Å²) >= 11 is 6.90. The molecule has 1 aliphatic heterocycles. The van der Waals surface area contributed by atoms with Gasteiger partial charge in [0.15, 0.2) is 0 Å². The molecular weight excluding hydrogens is 530 g/mol. The van der Waals surface area contributed by atoms with E-state index in [0.717, 1.165) is 45.5 Å². The monoisotopic (exact) mass is 553 g/mol. The van der Waals surface area contributed by atoms with Crippen LogP contribution in [-0.4, -0.2) is 20.6 Å². The highest BCUT2D eigenvalue weighted by Gasteiger charge is 2.35. The average molecular weight is 554 g/mol. The van der Waals surface area contributed by atoms with E-state index in [1.807, 2.05) is 74.5 Å². The van der Waals surface area contributed by atoms with Crippen LogP contribution in [-0.2, 0) is 17.9 Å². The van der Waals surface area contributed by atoms with Gasteiger partial charge in [-0.3, -0.25) is 14.5 Å². The topological polar surface area (TPSA) is 75.3 Å². The van der Waals surface area contributed by atoms with E-state index < -0.39 is 0 Å². The number of thioether (sulfide) groups is 1. The lowest BCUT2D eigenvalue weighted by Gasteiger charge is -2.12. The summed E-state index contributed by atoms with van der Waals surface area (Å²) in [5.41, 5.74) is 6.04. The van der Waals surface area contributed by atoms with Crippen LogP contribution in [0.15, 0.2) is 83.8 Å². The lowest BCUT2D eigenvalue weighted by atomic mass is 10.1. The Morgan fingerprint density at radius 3 is 2.44 bits per heavy atom. The third-order valence-corrected chi connectivity index (χ3v) is 7.67. The summed E-state index contributed by atoms with van der Waals surface area (Å²) in [6.45, 7) is 4.50. The summed E-state index contributed by atoms with van der Waals surface area (Å²) in [5.74, 6) is 0.396. The fraction of sp³-hybridized carbons (Fsp3) is 0.129. The Hall–Kier alpha value is -4.25. The van der Waals surface area contributed by atoms with E-state index in [1.165, 1.54) is 4.90 Å². The molecule has 1 fully saturated rings. The molecule has 4 aromatic rings. The van der Waals surface area contributed by atoms with Crippen molar-refractivity contribution in [1.82, 2.24) is 9.47 Å². The van der Waals surface area contributed by atoms with Crippen LogP contribution in [0.5, 0.6) is 5.75 Å². The molecule has 0 spiro atoms. The summed E-state index contributed by atoms with van der Waals surface area (Å²) in [5, 5.41) is 9.59. The van der Waals surface area contributed by atoms with Crippen molar-refractivity contribution in [3.63, 3.8) is 0 Å². The van der Waals surface area contributed by atoms with Gasteiger partial charge in [0, 0.05) is 27.7 Å². The van der Waals surface area contributed by atoms with Gasteiger partial charge in [-0.25, -0.2) is 0 Å². The third-order valence-electron chi connectivity index (χ3n) is 6.51. The van der Waals surface area contributed by atoms with E-state index in [0.29, 0.717) is 27.8 Å².